The number of nitrogen functional groups attached to an aromatic ring is 1. The molecule has 2 aromatic carbocycles. The van der Waals surface area contributed by atoms with Crippen molar-refractivity contribution in [1.82, 2.24) is 14.5 Å². The van der Waals surface area contributed by atoms with E-state index in [9.17, 15) is 9.59 Å². The first-order chi connectivity index (χ1) is 16.0. The zero-order valence-electron chi connectivity index (χ0n) is 17.3. The minimum Gasteiger partial charge on any atom is -0.483 e. The molecule has 3 N–H and O–H groups in total. The molecule has 1 amide bonds. The van der Waals surface area contributed by atoms with Gasteiger partial charge in [-0.05, 0) is 35.9 Å². The van der Waals surface area contributed by atoms with Crippen molar-refractivity contribution >= 4 is 35.1 Å². The number of nitrogens with zero attached hydrogens (tertiary/aromatic N) is 4. The lowest BCUT2D eigenvalue weighted by molar-refractivity contribution is -0.122. The van der Waals surface area contributed by atoms with Crippen molar-refractivity contribution in [2.45, 2.75) is 0 Å². The topological polar surface area (TPSA) is 141 Å². The monoisotopic (exact) mass is 445 g/mol. The molecule has 2 aromatic heterocycles. The summed E-state index contributed by atoms with van der Waals surface area (Å²) in [5.41, 5.74) is 9.18. The number of ether oxygens (including phenoxy) is 1. The Morgan fingerprint density at radius 3 is 2.45 bits per heavy atom. The van der Waals surface area contributed by atoms with Gasteiger partial charge < -0.3 is 15.6 Å². The van der Waals surface area contributed by atoms with Crippen molar-refractivity contribution in [3.63, 3.8) is 0 Å². The first-order valence-electron chi connectivity index (χ1n) is 9.88. The second-order valence-electron chi connectivity index (χ2n) is 6.98. The van der Waals surface area contributed by atoms with E-state index in [1.54, 1.807) is 36.7 Å². The molecule has 33 heavy (non-hydrogen) atoms. The number of rotatable bonds is 3. The molecule has 0 unspecified atom stereocenters. The van der Waals surface area contributed by atoms with Crippen molar-refractivity contribution in [3.8, 4) is 16.8 Å². The zero-order chi connectivity index (χ0) is 23.4. The summed E-state index contributed by atoms with van der Waals surface area (Å²) in [5, 5.41) is 7.33. The van der Waals surface area contributed by atoms with Crippen LogP contribution in [0.2, 0.25) is 0 Å². The van der Waals surface area contributed by atoms with Gasteiger partial charge in [0, 0.05) is 11.8 Å². The molecule has 0 saturated carbocycles. The van der Waals surface area contributed by atoms with Gasteiger partial charge in [0.1, 0.15) is 6.61 Å². The second-order valence-corrected chi connectivity index (χ2v) is 6.98. The number of carbonyl (C=O) groups excluding carboxylic acids is 1. The minimum atomic E-state index is -0.391. The summed E-state index contributed by atoms with van der Waals surface area (Å²) in [6.07, 6.45) is 2.91. The number of aromatic nitrogens is 3. The van der Waals surface area contributed by atoms with E-state index in [1.807, 2.05) is 30.3 Å². The van der Waals surface area contributed by atoms with E-state index >= 15 is 0 Å². The van der Waals surface area contributed by atoms with Crippen LogP contribution in [0.3, 0.4) is 0 Å². The molecule has 5 rings (SSSR count). The number of hydrogen-bond donors (Lipinski definition) is 2. The number of nitrogens with two attached hydrogens (primary N) is 1. The molecule has 1 aliphatic heterocycles. The molecule has 0 aliphatic carbocycles. The van der Waals surface area contributed by atoms with Crippen LogP contribution in [0.1, 0.15) is 0 Å². The van der Waals surface area contributed by atoms with Crippen LogP contribution in [0, 0.1) is 0 Å². The van der Waals surface area contributed by atoms with Crippen LogP contribution in [-0.2, 0) is 9.53 Å². The number of pyridine rings is 1. The summed E-state index contributed by atoms with van der Waals surface area (Å²) < 4.78 is 6.39. The number of cyclic esters (lactones) is 1. The summed E-state index contributed by atoms with van der Waals surface area (Å²) in [5.74, 6) is 0.127. The molecule has 10 nitrogen and oxygen atoms in total. The standard InChI is InChI=1S/C22H17N5O3.CH2O2/c23-21-25-19-7-6-14(11-18(19)20(28)27(21)16-4-2-1-3-5-16)15-10-17(13-24-12-15)26-8-9-30-22(26)29;2-1-3/h1-7,10-13H,8-9H2,(H2,23,25);1H,(H,2,3). The summed E-state index contributed by atoms with van der Waals surface area (Å²) in [6.45, 7) is 0.581. The fourth-order valence-corrected chi connectivity index (χ4v) is 3.57. The normalized spacial score (nSPS) is 12.7. The number of carbonyl (C=O) groups is 2. The molecule has 10 heteroatoms. The summed E-state index contributed by atoms with van der Waals surface area (Å²) in [6, 6.07) is 16.4. The predicted octanol–water partition coefficient (Wildman–Crippen LogP) is 2.69. The van der Waals surface area contributed by atoms with E-state index in [0.29, 0.717) is 35.4 Å². The predicted molar refractivity (Wildman–Crippen MR) is 122 cm³/mol. The lowest BCUT2D eigenvalue weighted by atomic mass is 10.0. The average Bonchev–Trinajstić information content (AvgIpc) is 3.26. The van der Waals surface area contributed by atoms with Crippen LogP contribution in [0.4, 0.5) is 16.4 Å². The van der Waals surface area contributed by atoms with Crippen molar-refractivity contribution < 1.29 is 19.4 Å². The van der Waals surface area contributed by atoms with Gasteiger partial charge in [-0.3, -0.25) is 19.5 Å². The van der Waals surface area contributed by atoms with Gasteiger partial charge in [0.2, 0.25) is 5.95 Å². The maximum Gasteiger partial charge on any atom is 0.414 e. The third-order valence-corrected chi connectivity index (χ3v) is 5.04. The Hall–Kier alpha value is -4.73. The second kappa shape index (κ2) is 9.18. The molecule has 1 fully saturated rings. The van der Waals surface area contributed by atoms with Crippen LogP contribution in [0.15, 0.2) is 71.8 Å². The molecule has 1 aliphatic rings. The van der Waals surface area contributed by atoms with Gasteiger partial charge >= 0.3 is 6.09 Å². The van der Waals surface area contributed by atoms with Crippen LogP contribution in [0.25, 0.3) is 27.7 Å². The van der Waals surface area contributed by atoms with Crippen LogP contribution < -0.4 is 16.2 Å². The first-order valence-corrected chi connectivity index (χ1v) is 9.88. The fourth-order valence-electron chi connectivity index (χ4n) is 3.57. The Balaban J connectivity index is 0.000000821. The van der Waals surface area contributed by atoms with Gasteiger partial charge in [-0.25, -0.2) is 14.3 Å². The largest absolute Gasteiger partial charge is 0.483 e. The Kier molecular flexibility index (Phi) is 5.98. The lowest BCUT2D eigenvalue weighted by Crippen LogP contribution is -2.23. The van der Waals surface area contributed by atoms with Crippen molar-refractivity contribution in [2.75, 3.05) is 23.8 Å². The number of para-hydroxylation sites is 1. The van der Waals surface area contributed by atoms with Crippen LogP contribution >= 0.6 is 0 Å². The van der Waals surface area contributed by atoms with E-state index in [0.717, 1.165) is 11.1 Å². The number of hydrogen-bond acceptors (Lipinski definition) is 7. The molecule has 1 saturated heterocycles. The van der Waals surface area contributed by atoms with Crippen molar-refractivity contribution in [1.29, 1.82) is 0 Å². The quantitative estimate of drug-likeness (QED) is 0.459. The maximum absolute atomic E-state index is 13.2. The highest BCUT2D eigenvalue weighted by atomic mass is 16.6. The Bertz CT molecular complexity index is 1390. The molecule has 0 radical (unpaired) electrons. The summed E-state index contributed by atoms with van der Waals surface area (Å²) in [4.78, 5) is 43.6. The smallest absolute Gasteiger partial charge is 0.414 e. The number of amides is 1. The SMILES string of the molecule is Nc1nc2ccc(-c3cncc(N4CCOC4=O)c3)cc2c(=O)n1-c1ccccc1.O=CO. The molecule has 166 valence electrons. The highest BCUT2D eigenvalue weighted by molar-refractivity contribution is 5.91. The summed E-state index contributed by atoms with van der Waals surface area (Å²) >= 11 is 0. The molecule has 0 bridgehead atoms. The number of carboxylic acid groups (broad SMARTS) is 1. The lowest BCUT2D eigenvalue weighted by Gasteiger charge is -2.14. The van der Waals surface area contributed by atoms with E-state index in [-0.39, 0.29) is 18.0 Å². The molecule has 4 aromatic rings. The average molecular weight is 445 g/mol. The first kappa shape index (κ1) is 21.5. The van der Waals surface area contributed by atoms with Gasteiger partial charge in [-0.2, -0.15) is 0 Å². The van der Waals surface area contributed by atoms with E-state index in [4.69, 9.17) is 20.4 Å². The molecule has 0 spiro atoms. The highest BCUT2D eigenvalue weighted by Gasteiger charge is 2.24. The zero-order valence-corrected chi connectivity index (χ0v) is 17.3. The van der Waals surface area contributed by atoms with Gasteiger partial charge in [-0.1, -0.05) is 24.3 Å². The maximum atomic E-state index is 13.2. The Labute approximate surface area is 187 Å². The molecular formula is C23H19N5O5. The van der Waals surface area contributed by atoms with Crippen molar-refractivity contribution in [2.24, 2.45) is 0 Å². The van der Waals surface area contributed by atoms with E-state index in [1.165, 1.54) is 9.47 Å². The number of benzene rings is 2. The van der Waals surface area contributed by atoms with Gasteiger partial charge in [0.05, 0.1) is 35.0 Å². The molecular weight excluding hydrogens is 426 g/mol. The number of anilines is 2. The fraction of sp³-hybridized carbons (Fsp3) is 0.0870. The van der Waals surface area contributed by atoms with Crippen LogP contribution in [0.5, 0.6) is 0 Å². The minimum absolute atomic E-state index is 0.127. The third-order valence-electron chi connectivity index (χ3n) is 5.04. The van der Waals surface area contributed by atoms with E-state index < -0.39 is 6.09 Å². The molecule has 3 heterocycles. The Morgan fingerprint density at radius 1 is 1.00 bits per heavy atom. The summed E-state index contributed by atoms with van der Waals surface area (Å²) in [7, 11) is 0. The number of fused-ring (bicyclic) bond motifs is 1. The Morgan fingerprint density at radius 2 is 1.76 bits per heavy atom. The van der Waals surface area contributed by atoms with Gasteiger partial charge in [0.25, 0.3) is 12.0 Å². The van der Waals surface area contributed by atoms with Crippen molar-refractivity contribution in [3.05, 3.63) is 77.3 Å². The van der Waals surface area contributed by atoms with Crippen LogP contribution in [-0.4, -0.2) is 45.4 Å². The van der Waals surface area contributed by atoms with E-state index in [2.05, 4.69) is 9.97 Å². The van der Waals surface area contributed by atoms with Gasteiger partial charge in [0.15, 0.2) is 0 Å². The molecule has 0 atom stereocenters. The van der Waals surface area contributed by atoms with Gasteiger partial charge in [-0.15, -0.1) is 0 Å². The highest BCUT2D eigenvalue weighted by Crippen LogP contribution is 2.27. The third kappa shape index (κ3) is 4.22.